The minimum atomic E-state index is -0.403. The van der Waals surface area contributed by atoms with Gasteiger partial charge in [-0.25, -0.2) is 19.4 Å². The lowest BCUT2D eigenvalue weighted by atomic mass is 9.45. The van der Waals surface area contributed by atoms with E-state index in [0.29, 0.717) is 75.1 Å². The van der Waals surface area contributed by atoms with Crippen LogP contribution in [0.3, 0.4) is 0 Å². The molecule has 12 heteroatoms. The van der Waals surface area contributed by atoms with E-state index in [2.05, 4.69) is 41.4 Å². The number of aromatic nitrogens is 4. The number of carbonyl (C=O) groups excluding carboxylic acids is 1. The standard InChI is InChI=1S/C37H43FN8O3/c1-21-19-45(20-33(47)41-21)36(44-30-15-24-14-28(22(30)2)37(24,3)4)42-25-7-9-27-31(16-25)43-34(32-18-39-11-12-40-32)46(35(27)48)13-10-23-6-8-26(49-5)17-29(23)38/h6-9,11-12,16-18,21-22,24,28,30H,10,13-15,19-20H2,1-5H3,(H,41,47)(H,42,44)/t21-,22-,24+,28-,30-/m0/s1. The van der Waals surface area contributed by atoms with Crippen molar-refractivity contribution in [1.29, 1.82) is 0 Å². The molecule has 49 heavy (non-hydrogen) atoms. The average molecular weight is 667 g/mol. The molecule has 3 heterocycles. The summed E-state index contributed by atoms with van der Waals surface area (Å²) in [6.07, 6.45) is 7.20. The van der Waals surface area contributed by atoms with E-state index in [9.17, 15) is 14.0 Å². The molecule has 2 bridgehead atoms. The van der Waals surface area contributed by atoms with Crippen molar-refractivity contribution >= 4 is 28.5 Å². The number of hydrogen-bond acceptors (Lipinski definition) is 7. The number of ether oxygens (including phenoxy) is 1. The Morgan fingerprint density at radius 2 is 1.98 bits per heavy atom. The van der Waals surface area contributed by atoms with E-state index >= 15 is 0 Å². The van der Waals surface area contributed by atoms with Gasteiger partial charge < -0.3 is 20.3 Å². The topological polar surface area (TPSA) is 127 Å². The Hall–Kier alpha value is -4.87. The number of rotatable bonds is 7. The second kappa shape index (κ2) is 12.9. The molecule has 0 spiro atoms. The molecule has 3 aliphatic carbocycles. The Labute approximate surface area is 285 Å². The summed E-state index contributed by atoms with van der Waals surface area (Å²) >= 11 is 0. The normalized spacial score (nSPS) is 24.7. The van der Waals surface area contributed by atoms with E-state index in [0.717, 1.165) is 6.42 Å². The third kappa shape index (κ3) is 6.24. The second-order valence-corrected chi connectivity index (χ2v) is 14.4. The Bertz CT molecular complexity index is 1980. The first-order valence-corrected chi connectivity index (χ1v) is 17.0. The quantitative estimate of drug-likeness (QED) is 0.211. The van der Waals surface area contributed by atoms with Crippen molar-refractivity contribution in [3.05, 3.63) is 76.7 Å². The third-order valence-corrected chi connectivity index (χ3v) is 11.0. The van der Waals surface area contributed by atoms with Crippen molar-refractivity contribution in [3.8, 4) is 17.3 Å². The summed E-state index contributed by atoms with van der Waals surface area (Å²) in [5.74, 6) is 2.65. The molecule has 2 N–H and O–H groups in total. The first-order valence-electron chi connectivity index (χ1n) is 17.0. The number of carbonyl (C=O) groups is 1. The number of amides is 1. The van der Waals surface area contributed by atoms with Gasteiger partial charge in [0.15, 0.2) is 11.8 Å². The fourth-order valence-corrected chi connectivity index (χ4v) is 8.07. The summed E-state index contributed by atoms with van der Waals surface area (Å²) in [6, 6.07) is 10.2. The van der Waals surface area contributed by atoms with Crippen LogP contribution in [-0.2, 0) is 17.8 Å². The zero-order chi connectivity index (χ0) is 34.4. The zero-order valence-electron chi connectivity index (χ0n) is 28.6. The van der Waals surface area contributed by atoms with Crippen molar-refractivity contribution < 1.29 is 13.9 Å². The molecular formula is C37H43FN8O3. The predicted octanol–water partition coefficient (Wildman–Crippen LogP) is 4.90. The van der Waals surface area contributed by atoms with Gasteiger partial charge in [0.2, 0.25) is 5.91 Å². The first kappa shape index (κ1) is 32.7. The number of nitrogens with zero attached hydrogens (tertiary/aromatic N) is 6. The number of halogens is 1. The van der Waals surface area contributed by atoms with Crippen molar-refractivity contribution in [2.75, 3.05) is 25.5 Å². The molecule has 3 saturated carbocycles. The third-order valence-electron chi connectivity index (χ3n) is 11.0. The molecule has 4 fully saturated rings. The van der Waals surface area contributed by atoms with Crippen molar-refractivity contribution in [2.24, 2.45) is 28.2 Å². The molecule has 1 amide bonds. The maximum Gasteiger partial charge on any atom is 0.261 e. The SMILES string of the molecule is COc1ccc(CCn2c(-c3cnccn3)nc3cc(N/C(=N/[C@H]4C[C@H]5C[C@@H]([C@@H]4C)C5(C)C)N4CC(=O)N[C@@H](C)C4)ccc3c2=O)c(F)c1. The Morgan fingerprint density at radius 3 is 2.67 bits per heavy atom. The fraction of sp³-hybridized carbons (Fsp3) is 0.459. The van der Waals surface area contributed by atoms with E-state index in [1.54, 1.807) is 36.8 Å². The number of aryl methyl sites for hydroxylation is 1. The number of fused-ring (bicyclic) bond motifs is 3. The smallest absolute Gasteiger partial charge is 0.261 e. The van der Waals surface area contributed by atoms with Crippen LogP contribution in [0.15, 0.2) is 64.8 Å². The fourth-order valence-electron chi connectivity index (χ4n) is 8.07. The number of methoxy groups -OCH3 is 1. The second-order valence-electron chi connectivity index (χ2n) is 14.4. The molecule has 1 saturated heterocycles. The number of nitrogens with one attached hydrogen (secondary N) is 2. The van der Waals surface area contributed by atoms with Crippen LogP contribution in [0.25, 0.3) is 22.4 Å². The molecule has 5 atom stereocenters. The van der Waals surface area contributed by atoms with Crippen LogP contribution in [0, 0.1) is 29.0 Å². The highest BCUT2D eigenvalue weighted by Crippen LogP contribution is 2.61. The summed E-state index contributed by atoms with van der Waals surface area (Å²) in [5, 5.41) is 6.94. The van der Waals surface area contributed by atoms with Crippen molar-refractivity contribution in [1.82, 2.24) is 29.7 Å². The summed E-state index contributed by atoms with van der Waals surface area (Å²) in [7, 11) is 1.49. The van der Waals surface area contributed by atoms with Gasteiger partial charge in [0.25, 0.3) is 5.56 Å². The average Bonchev–Trinajstić information content (AvgIpc) is 3.08. The van der Waals surface area contributed by atoms with Crippen LogP contribution in [0.1, 0.15) is 46.1 Å². The van der Waals surface area contributed by atoms with Crippen LogP contribution in [0.5, 0.6) is 5.75 Å². The Morgan fingerprint density at radius 1 is 1.14 bits per heavy atom. The highest BCUT2D eigenvalue weighted by molar-refractivity contribution is 5.98. The van der Waals surface area contributed by atoms with Gasteiger partial charge >= 0.3 is 0 Å². The van der Waals surface area contributed by atoms with Crippen LogP contribution in [0.2, 0.25) is 0 Å². The highest BCUT2D eigenvalue weighted by Gasteiger charge is 2.56. The van der Waals surface area contributed by atoms with Gasteiger partial charge in [-0.05, 0) is 79.2 Å². The zero-order valence-corrected chi connectivity index (χ0v) is 28.6. The van der Waals surface area contributed by atoms with Gasteiger partial charge in [-0.1, -0.05) is 26.8 Å². The number of piperazine rings is 1. The van der Waals surface area contributed by atoms with E-state index in [-0.39, 0.29) is 43.1 Å². The van der Waals surface area contributed by atoms with E-state index < -0.39 is 5.82 Å². The molecule has 0 radical (unpaired) electrons. The van der Waals surface area contributed by atoms with E-state index in [1.165, 1.54) is 24.2 Å². The maximum atomic E-state index is 14.8. The number of aliphatic imine (C=N–C) groups is 1. The minimum Gasteiger partial charge on any atom is -0.497 e. The molecule has 11 nitrogen and oxygen atoms in total. The van der Waals surface area contributed by atoms with Gasteiger partial charge in [0.1, 0.15) is 17.3 Å². The molecule has 4 aromatic rings. The van der Waals surface area contributed by atoms with Crippen LogP contribution in [0.4, 0.5) is 10.1 Å². The largest absolute Gasteiger partial charge is 0.497 e. The van der Waals surface area contributed by atoms with E-state index in [4.69, 9.17) is 14.7 Å². The lowest BCUT2D eigenvalue weighted by Crippen LogP contribution is -2.58. The summed E-state index contributed by atoms with van der Waals surface area (Å²) in [6.45, 7) is 10.1. The Kier molecular flexibility index (Phi) is 8.58. The Balaban J connectivity index is 1.24. The lowest BCUT2D eigenvalue weighted by molar-refractivity contribution is -0.124. The van der Waals surface area contributed by atoms with Crippen LogP contribution in [-0.4, -0.2) is 68.6 Å². The van der Waals surface area contributed by atoms with Gasteiger partial charge in [-0.2, -0.15) is 0 Å². The molecule has 2 aromatic heterocycles. The first-order chi connectivity index (χ1) is 23.5. The molecule has 1 aliphatic heterocycles. The number of anilines is 1. The maximum absolute atomic E-state index is 14.8. The van der Waals surface area contributed by atoms with Gasteiger partial charge in [0, 0.05) is 43.3 Å². The molecule has 256 valence electrons. The number of benzene rings is 2. The van der Waals surface area contributed by atoms with Crippen LogP contribution < -0.4 is 20.9 Å². The molecule has 0 unspecified atom stereocenters. The summed E-state index contributed by atoms with van der Waals surface area (Å²) < 4.78 is 21.5. The van der Waals surface area contributed by atoms with E-state index in [1.807, 2.05) is 24.0 Å². The molecular weight excluding hydrogens is 623 g/mol. The van der Waals surface area contributed by atoms with Crippen molar-refractivity contribution in [3.63, 3.8) is 0 Å². The summed E-state index contributed by atoms with van der Waals surface area (Å²) in [5.41, 5.74) is 2.13. The monoisotopic (exact) mass is 666 g/mol. The predicted molar refractivity (Wildman–Crippen MR) is 187 cm³/mol. The van der Waals surface area contributed by atoms with Gasteiger partial charge in [0.05, 0.1) is 36.8 Å². The lowest BCUT2D eigenvalue weighted by Gasteiger charge is -2.61. The molecule has 4 aliphatic rings. The molecule has 8 rings (SSSR count). The minimum absolute atomic E-state index is 0.0259. The number of hydrogen-bond donors (Lipinski definition) is 2. The van der Waals surface area contributed by atoms with Crippen LogP contribution >= 0.6 is 0 Å². The van der Waals surface area contributed by atoms with Crippen molar-refractivity contribution in [2.45, 2.75) is 65.6 Å². The molecule has 2 aromatic carbocycles. The van der Waals surface area contributed by atoms with Gasteiger partial charge in [-0.3, -0.25) is 19.1 Å². The number of guanidine groups is 1. The highest BCUT2D eigenvalue weighted by atomic mass is 19.1. The van der Waals surface area contributed by atoms with Gasteiger partial charge in [-0.15, -0.1) is 0 Å². The summed E-state index contributed by atoms with van der Waals surface area (Å²) in [4.78, 5) is 47.5.